The SMILES string of the molecule is N[C@H](C(=O)Nc1cc(SC2COC2)c(S(=O)(=O)NCC(F)F)cn1)C1CCCCC1. The molecule has 30 heavy (non-hydrogen) atoms. The minimum atomic E-state index is -4.19. The van der Waals surface area contributed by atoms with Gasteiger partial charge in [0.25, 0.3) is 6.43 Å². The molecule has 3 rings (SSSR count). The molecule has 1 amide bonds. The lowest BCUT2D eigenvalue weighted by Crippen LogP contribution is -2.42. The van der Waals surface area contributed by atoms with Gasteiger partial charge in [0.2, 0.25) is 15.9 Å². The van der Waals surface area contributed by atoms with E-state index < -0.39 is 29.0 Å². The topological polar surface area (TPSA) is 123 Å². The second-order valence-corrected chi connectivity index (χ2v) is 10.5. The molecule has 0 spiro atoms. The highest BCUT2D eigenvalue weighted by atomic mass is 32.2. The number of pyridine rings is 1. The van der Waals surface area contributed by atoms with Gasteiger partial charge in [0.15, 0.2) is 0 Å². The van der Waals surface area contributed by atoms with Crippen molar-refractivity contribution in [3.63, 3.8) is 0 Å². The summed E-state index contributed by atoms with van der Waals surface area (Å²) in [5.74, 6) is -0.0940. The number of amides is 1. The van der Waals surface area contributed by atoms with Crippen LogP contribution in [0.15, 0.2) is 22.1 Å². The number of alkyl halides is 2. The molecule has 1 aliphatic heterocycles. The highest BCUT2D eigenvalue weighted by Gasteiger charge is 2.29. The Morgan fingerprint density at radius 2 is 2.00 bits per heavy atom. The molecule has 1 aromatic rings. The largest absolute Gasteiger partial charge is 0.379 e. The van der Waals surface area contributed by atoms with Crippen LogP contribution in [-0.2, 0) is 19.6 Å². The Bertz CT molecular complexity index is 847. The third kappa shape index (κ3) is 6.10. The van der Waals surface area contributed by atoms with E-state index in [9.17, 15) is 22.0 Å². The van der Waals surface area contributed by atoms with E-state index in [0.29, 0.717) is 18.1 Å². The van der Waals surface area contributed by atoms with Gasteiger partial charge in [-0.05, 0) is 24.8 Å². The summed E-state index contributed by atoms with van der Waals surface area (Å²) in [4.78, 5) is 16.7. The third-order valence-corrected chi connectivity index (χ3v) is 7.94. The molecular formula is C18H26F2N4O4S2. The number of ether oxygens (including phenoxy) is 1. The fraction of sp³-hybridized carbons (Fsp3) is 0.667. The first-order valence-electron chi connectivity index (χ1n) is 9.85. The third-order valence-electron chi connectivity index (χ3n) is 5.16. The van der Waals surface area contributed by atoms with Crippen LogP contribution in [0, 0.1) is 5.92 Å². The monoisotopic (exact) mass is 464 g/mol. The van der Waals surface area contributed by atoms with Gasteiger partial charge in [0, 0.05) is 4.90 Å². The molecule has 0 aromatic carbocycles. The summed E-state index contributed by atoms with van der Waals surface area (Å²) in [6, 6.07) is 0.769. The maximum Gasteiger partial charge on any atom is 0.251 e. The number of anilines is 1. The smallest absolute Gasteiger partial charge is 0.251 e. The Hall–Kier alpha value is -1.34. The minimum absolute atomic E-state index is 0.0319. The first-order valence-corrected chi connectivity index (χ1v) is 12.2. The van der Waals surface area contributed by atoms with Crippen molar-refractivity contribution < 1.29 is 26.7 Å². The number of sulfonamides is 1. The molecule has 1 aromatic heterocycles. The fourth-order valence-corrected chi connectivity index (χ4v) is 5.94. The molecule has 2 aliphatic rings. The lowest BCUT2D eigenvalue weighted by atomic mass is 9.84. The van der Waals surface area contributed by atoms with E-state index in [0.717, 1.165) is 38.3 Å². The number of aromatic nitrogens is 1. The Balaban J connectivity index is 1.76. The number of halogens is 2. The van der Waals surface area contributed by atoms with Crippen molar-refractivity contribution in [1.29, 1.82) is 0 Å². The fourth-order valence-electron chi connectivity index (χ4n) is 3.42. The highest BCUT2D eigenvalue weighted by Crippen LogP contribution is 2.34. The molecule has 1 saturated carbocycles. The van der Waals surface area contributed by atoms with Gasteiger partial charge in [0.05, 0.1) is 37.2 Å². The number of nitrogens with one attached hydrogen (secondary N) is 2. The predicted molar refractivity (Wildman–Crippen MR) is 109 cm³/mol. The van der Waals surface area contributed by atoms with Crippen LogP contribution < -0.4 is 15.8 Å². The minimum Gasteiger partial charge on any atom is -0.379 e. The Morgan fingerprint density at radius 1 is 1.30 bits per heavy atom. The number of rotatable bonds is 9. The normalized spacial score (nSPS) is 19.5. The van der Waals surface area contributed by atoms with Crippen molar-refractivity contribution in [3.8, 4) is 0 Å². The molecule has 0 radical (unpaired) electrons. The number of nitrogens with zero attached hydrogens (tertiary/aromatic N) is 1. The molecule has 2 heterocycles. The van der Waals surface area contributed by atoms with Crippen LogP contribution in [0.3, 0.4) is 0 Å². The molecule has 1 atom stereocenters. The summed E-state index contributed by atoms with van der Waals surface area (Å²) in [6.45, 7) is -0.0932. The van der Waals surface area contributed by atoms with Gasteiger partial charge in [0.1, 0.15) is 10.7 Å². The van der Waals surface area contributed by atoms with Crippen molar-refractivity contribution in [2.45, 2.75) is 59.6 Å². The standard InChI is InChI=1S/C18H26F2N4O4S2/c19-15(20)8-23-30(26,27)14-7-22-16(6-13(14)29-12-9-28-10-12)24-18(25)17(21)11-4-2-1-3-5-11/h6-7,11-12,15,17,23H,1-5,8-10,21H2,(H,22,24,25)/t17-/m0/s1. The van der Waals surface area contributed by atoms with E-state index in [4.69, 9.17) is 10.5 Å². The maximum atomic E-state index is 12.6. The summed E-state index contributed by atoms with van der Waals surface area (Å²) in [5, 5.41) is 2.69. The van der Waals surface area contributed by atoms with Crippen molar-refractivity contribution >= 4 is 33.5 Å². The summed E-state index contributed by atoms with van der Waals surface area (Å²) in [5.41, 5.74) is 6.12. The average molecular weight is 465 g/mol. The van der Waals surface area contributed by atoms with E-state index >= 15 is 0 Å². The molecule has 168 valence electrons. The summed E-state index contributed by atoms with van der Waals surface area (Å²) < 4.78 is 56.8. The summed E-state index contributed by atoms with van der Waals surface area (Å²) in [6.07, 6.45) is 3.29. The van der Waals surface area contributed by atoms with Gasteiger partial charge < -0.3 is 15.8 Å². The van der Waals surface area contributed by atoms with Crippen LogP contribution in [0.1, 0.15) is 32.1 Å². The van der Waals surface area contributed by atoms with Crippen molar-refractivity contribution in [3.05, 3.63) is 12.3 Å². The first kappa shape index (κ1) is 23.3. The van der Waals surface area contributed by atoms with Crippen molar-refractivity contribution in [2.24, 2.45) is 11.7 Å². The van der Waals surface area contributed by atoms with Crippen LogP contribution in [0.2, 0.25) is 0 Å². The van der Waals surface area contributed by atoms with Gasteiger partial charge in [-0.15, -0.1) is 11.8 Å². The lowest BCUT2D eigenvalue weighted by Gasteiger charge is -2.27. The quantitative estimate of drug-likeness (QED) is 0.510. The number of carbonyl (C=O) groups is 1. The second-order valence-electron chi connectivity index (χ2n) is 7.45. The van der Waals surface area contributed by atoms with E-state index in [-0.39, 0.29) is 27.8 Å². The zero-order valence-electron chi connectivity index (χ0n) is 16.4. The predicted octanol–water partition coefficient (Wildman–Crippen LogP) is 1.96. The number of hydrogen-bond acceptors (Lipinski definition) is 7. The molecule has 12 heteroatoms. The number of thioether (sulfide) groups is 1. The summed E-state index contributed by atoms with van der Waals surface area (Å²) >= 11 is 1.24. The van der Waals surface area contributed by atoms with Crippen LogP contribution in [-0.4, -0.2) is 56.8 Å². The second kappa shape index (κ2) is 10.3. The first-order chi connectivity index (χ1) is 14.3. The molecule has 2 fully saturated rings. The molecule has 0 bridgehead atoms. The van der Waals surface area contributed by atoms with Gasteiger partial charge in [-0.25, -0.2) is 26.9 Å². The maximum absolute atomic E-state index is 12.6. The molecule has 8 nitrogen and oxygen atoms in total. The number of hydrogen-bond donors (Lipinski definition) is 3. The Labute approximate surface area is 178 Å². The zero-order valence-corrected chi connectivity index (χ0v) is 18.0. The summed E-state index contributed by atoms with van der Waals surface area (Å²) in [7, 11) is -4.19. The average Bonchev–Trinajstić information content (AvgIpc) is 2.69. The van der Waals surface area contributed by atoms with Gasteiger partial charge in [-0.2, -0.15) is 0 Å². The molecule has 4 N–H and O–H groups in total. The van der Waals surface area contributed by atoms with Crippen LogP contribution in [0.4, 0.5) is 14.6 Å². The van der Waals surface area contributed by atoms with Gasteiger partial charge in [-0.3, -0.25) is 4.79 Å². The van der Waals surface area contributed by atoms with Crippen LogP contribution in [0.25, 0.3) is 0 Å². The molecule has 1 aliphatic carbocycles. The zero-order chi connectivity index (χ0) is 21.7. The van der Waals surface area contributed by atoms with Gasteiger partial charge >= 0.3 is 0 Å². The van der Waals surface area contributed by atoms with Crippen LogP contribution >= 0.6 is 11.8 Å². The molecule has 1 saturated heterocycles. The lowest BCUT2D eigenvalue weighted by molar-refractivity contribution is -0.118. The van der Waals surface area contributed by atoms with E-state index in [1.54, 1.807) is 0 Å². The Morgan fingerprint density at radius 3 is 2.60 bits per heavy atom. The number of nitrogens with two attached hydrogens (primary N) is 1. The van der Waals surface area contributed by atoms with E-state index in [2.05, 4.69) is 10.3 Å². The van der Waals surface area contributed by atoms with E-state index in [1.165, 1.54) is 17.8 Å². The van der Waals surface area contributed by atoms with Crippen molar-refractivity contribution in [2.75, 3.05) is 25.1 Å². The number of carbonyl (C=O) groups excluding carboxylic acids is 1. The van der Waals surface area contributed by atoms with E-state index in [1.807, 2.05) is 4.72 Å². The Kier molecular flexibility index (Phi) is 8.02. The molecule has 0 unspecified atom stereocenters. The highest BCUT2D eigenvalue weighted by molar-refractivity contribution is 8.00. The molecular weight excluding hydrogens is 438 g/mol. The van der Waals surface area contributed by atoms with Crippen molar-refractivity contribution in [1.82, 2.24) is 9.71 Å². The van der Waals surface area contributed by atoms with Crippen LogP contribution in [0.5, 0.6) is 0 Å². The van der Waals surface area contributed by atoms with Gasteiger partial charge in [-0.1, -0.05) is 19.3 Å².